The Morgan fingerprint density at radius 3 is 2.27 bits per heavy atom. The monoisotopic (exact) mass is 299 g/mol. The van der Waals surface area contributed by atoms with E-state index in [9.17, 15) is 19.7 Å². The van der Waals surface area contributed by atoms with Gasteiger partial charge >= 0.3 is 0 Å². The second-order valence-corrected chi connectivity index (χ2v) is 4.52. The van der Waals surface area contributed by atoms with E-state index in [1.165, 1.54) is 31.2 Å². The summed E-state index contributed by atoms with van der Waals surface area (Å²) in [6.45, 7) is 1.37. The van der Waals surface area contributed by atoms with Crippen LogP contribution in [0.15, 0.2) is 48.5 Å². The van der Waals surface area contributed by atoms with Crippen molar-refractivity contribution in [3.8, 4) is 0 Å². The van der Waals surface area contributed by atoms with E-state index in [0.29, 0.717) is 16.9 Å². The van der Waals surface area contributed by atoms with E-state index in [1.807, 2.05) is 0 Å². The molecule has 0 saturated heterocycles. The number of hydrogen-bond acceptors (Lipinski definition) is 4. The van der Waals surface area contributed by atoms with Crippen LogP contribution in [0.1, 0.15) is 17.3 Å². The zero-order chi connectivity index (χ0) is 16.1. The van der Waals surface area contributed by atoms with Crippen LogP contribution in [-0.4, -0.2) is 16.7 Å². The SMILES string of the molecule is CC(=O)Nc1cccc(C(=O)Nc2cccc([N+](=O)[O-])c2)c1. The largest absolute Gasteiger partial charge is 0.326 e. The molecule has 2 aromatic carbocycles. The van der Waals surface area contributed by atoms with Crippen molar-refractivity contribution >= 4 is 28.9 Å². The van der Waals surface area contributed by atoms with Gasteiger partial charge in [0.25, 0.3) is 11.6 Å². The Morgan fingerprint density at radius 1 is 1.00 bits per heavy atom. The Hall–Kier alpha value is -3.22. The van der Waals surface area contributed by atoms with Gasteiger partial charge in [0, 0.05) is 36.0 Å². The van der Waals surface area contributed by atoms with E-state index < -0.39 is 10.8 Å². The standard InChI is InChI=1S/C15H13N3O4/c1-10(19)16-12-5-2-4-11(8-12)15(20)17-13-6-3-7-14(9-13)18(21)22/h2-9H,1H3,(H,16,19)(H,17,20). The fourth-order valence-corrected chi connectivity index (χ4v) is 1.84. The van der Waals surface area contributed by atoms with Crippen molar-refractivity contribution in [2.45, 2.75) is 6.92 Å². The van der Waals surface area contributed by atoms with Crippen molar-refractivity contribution in [1.82, 2.24) is 0 Å². The van der Waals surface area contributed by atoms with Crippen molar-refractivity contribution in [2.75, 3.05) is 10.6 Å². The van der Waals surface area contributed by atoms with E-state index in [2.05, 4.69) is 10.6 Å². The lowest BCUT2D eigenvalue weighted by Gasteiger charge is -2.07. The second-order valence-electron chi connectivity index (χ2n) is 4.52. The zero-order valence-corrected chi connectivity index (χ0v) is 11.7. The van der Waals surface area contributed by atoms with Gasteiger partial charge in [0.15, 0.2) is 0 Å². The number of amides is 2. The van der Waals surface area contributed by atoms with Crippen molar-refractivity contribution in [2.24, 2.45) is 0 Å². The highest BCUT2D eigenvalue weighted by atomic mass is 16.6. The average Bonchev–Trinajstić information content (AvgIpc) is 2.47. The van der Waals surface area contributed by atoms with Gasteiger partial charge < -0.3 is 10.6 Å². The molecule has 2 N–H and O–H groups in total. The van der Waals surface area contributed by atoms with Crippen LogP contribution in [-0.2, 0) is 4.79 Å². The molecule has 0 bridgehead atoms. The van der Waals surface area contributed by atoms with Crippen LogP contribution >= 0.6 is 0 Å². The molecule has 112 valence electrons. The Balaban J connectivity index is 2.17. The van der Waals surface area contributed by atoms with Gasteiger partial charge in [-0.05, 0) is 24.3 Å². The molecule has 0 fully saturated rings. The molecule has 0 atom stereocenters. The molecule has 0 saturated carbocycles. The van der Waals surface area contributed by atoms with Crippen molar-refractivity contribution < 1.29 is 14.5 Å². The molecule has 0 aliphatic rings. The fraction of sp³-hybridized carbons (Fsp3) is 0.0667. The topological polar surface area (TPSA) is 101 Å². The third kappa shape index (κ3) is 3.89. The van der Waals surface area contributed by atoms with Crippen LogP contribution in [0.4, 0.5) is 17.1 Å². The lowest BCUT2D eigenvalue weighted by atomic mass is 10.1. The predicted molar refractivity (Wildman–Crippen MR) is 81.8 cm³/mol. The van der Waals surface area contributed by atoms with E-state index in [0.717, 1.165) is 0 Å². The number of hydrogen-bond donors (Lipinski definition) is 2. The molecule has 0 aromatic heterocycles. The average molecular weight is 299 g/mol. The Morgan fingerprint density at radius 2 is 1.64 bits per heavy atom. The first-order valence-electron chi connectivity index (χ1n) is 6.39. The van der Waals surface area contributed by atoms with Crippen LogP contribution in [0.25, 0.3) is 0 Å². The molecular formula is C15H13N3O4. The van der Waals surface area contributed by atoms with Crippen LogP contribution in [0.3, 0.4) is 0 Å². The number of anilines is 2. The maximum absolute atomic E-state index is 12.1. The van der Waals surface area contributed by atoms with Gasteiger partial charge in [-0.1, -0.05) is 12.1 Å². The number of rotatable bonds is 4. The van der Waals surface area contributed by atoms with Gasteiger partial charge in [-0.2, -0.15) is 0 Å². The van der Waals surface area contributed by atoms with E-state index in [4.69, 9.17) is 0 Å². The molecule has 22 heavy (non-hydrogen) atoms. The lowest BCUT2D eigenvalue weighted by Crippen LogP contribution is -2.13. The highest BCUT2D eigenvalue weighted by Crippen LogP contribution is 2.18. The third-order valence-electron chi connectivity index (χ3n) is 2.76. The van der Waals surface area contributed by atoms with Gasteiger partial charge in [0.1, 0.15) is 0 Å². The van der Waals surface area contributed by atoms with Gasteiger partial charge in [0.05, 0.1) is 4.92 Å². The maximum atomic E-state index is 12.1. The van der Waals surface area contributed by atoms with Gasteiger partial charge in [-0.25, -0.2) is 0 Å². The normalized spacial score (nSPS) is 9.86. The number of carbonyl (C=O) groups is 2. The van der Waals surface area contributed by atoms with Crippen molar-refractivity contribution in [3.05, 3.63) is 64.2 Å². The number of benzene rings is 2. The molecule has 7 heteroatoms. The summed E-state index contributed by atoms with van der Waals surface area (Å²) in [7, 11) is 0. The minimum atomic E-state index is -0.535. The van der Waals surface area contributed by atoms with Gasteiger partial charge in [0.2, 0.25) is 5.91 Å². The first-order chi connectivity index (χ1) is 10.5. The molecule has 0 radical (unpaired) electrons. The summed E-state index contributed by atoms with van der Waals surface area (Å²) < 4.78 is 0. The first-order valence-corrected chi connectivity index (χ1v) is 6.39. The summed E-state index contributed by atoms with van der Waals surface area (Å²) in [4.78, 5) is 33.3. The summed E-state index contributed by atoms with van der Waals surface area (Å²) in [5, 5.41) is 15.9. The lowest BCUT2D eigenvalue weighted by molar-refractivity contribution is -0.384. The highest BCUT2D eigenvalue weighted by molar-refractivity contribution is 6.05. The molecule has 0 aliphatic heterocycles. The van der Waals surface area contributed by atoms with Gasteiger partial charge in [-0.3, -0.25) is 19.7 Å². The number of non-ortho nitro benzene ring substituents is 1. The van der Waals surface area contributed by atoms with Crippen molar-refractivity contribution in [3.63, 3.8) is 0 Å². The first kappa shape index (κ1) is 15.2. The maximum Gasteiger partial charge on any atom is 0.271 e. The van der Waals surface area contributed by atoms with Crippen LogP contribution in [0, 0.1) is 10.1 Å². The summed E-state index contributed by atoms with van der Waals surface area (Å²) in [5.74, 6) is -0.663. The number of nitro benzene ring substituents is 1. The molecule has 2 aromatic rings. The summed E-state index contributed by atoms with van der Waals surface area (Å²) in [6, 6.07) is 12.1. The molecule has 2 amide bonds. The Labute approximate surface area is 126 Å². The molecule has 2 rings (SSSR count). The smallest absolute Gasteiger partial charge is 0.271 e. The molecule has 0 aliphatic carbocycles. The number of nitrogens with one attached hydrogen (secondary N) is 2. The van der Waals surface area contributed by atoms with Gasteiger partial charge in [-0.15, -0.1) is 0 Å². The zero-order valence-electron chi connectivity index (χ0n) is 11.7. The third-order valence-corrected chi connectivity index (χ3v) is 2.76. The Bertz CT molecular complexity index is 743. The van der Waals surface area contributed by atoms with E-state index in [-0.39, 0.29) is 11.6 Å². The predicted octanol–water partition coefficient (Wildman–Crippen LogP) is 2.81. The molecule has 0 spiro atoms. The summed E-state index contributed by atoms with van der Waals surface area (Å²) >= 11 is 0. The van der Waals surface area contributed by atoms with E-state index >= 15 is 0 Å². The highest BCUT2D eigenvalue weighted by Gasteiger charge is 2.10. The minimum absolute atomic E-state index is 0.107. The summed E-state index contributed by atoms with van der Waals surface area (Å²) in [6.07, 6.45) is 0. The molecular weight excluding hydrogens is 286 g/mol. The van der Waals surface area contributed by atoms with Crippen LogP contribution < -0.4 is 10.6 Å². The van der Waals surface area contributed by atoms with E-state index in [1.54, 1.807) is 24.3 Å². The van der Waals surface area contributed by atoms with Crippen LogP contribution in [0.5, 0.6) is 0 Å². The molecule has 0 heterocycles. The van der Waals surface area contributed by atoms with Crippen LogP contribution in [0.2, 0.25) is 0 Å². The number of carbonyl (C=O) groups excluding carboxylic acids is 2. The Kier molecular flexibility index (Phi) is 4.47. The fourth-order valence-electron chi connectivity index (χ4n) is 1.84. The number of nitrogens with zero attached hydrogens (tertiary/aromatic N) is 1. The van der Waals surface area contributed by atoms with Crippen molar-refractivity contribution in [1.29, 1.82) is 0 Å². The summed E-state index contributed by atoms with van der Waals surface area (Å²) in [5.41, 5.74) is 1.05. The molecule has 7 nitrogen and oxygen atoms in total. The molecule has 0 unspecified atom stereocenters. The number of nitro groups is 1. The quantitative estimate of drug-likeness (QED) is 0.669. The minimum Gasteiger partial charge on any atom is -0.326 e. The second kappa shape index (κ2) is 6.49.